The standard InChI is InChI=1S/C29H38N4O5/c1-28(2,30)26(35)31-24(38-18-20-10-8-13-22(16-20)37-4)25(34)33-15-9-14-29(19-33)23(17-32(3)27(29)36)21-11-6-5-7-12-21/h5-8,10-13,16,23-24H,9,14-15,17-19,30H2,1-4H3,(H,31,35). The molecule has 2 saturated heterocycles. The minimum absolute atomic E-state index is 0.0366. The van der Waals surface area contributed by atoms with E-state index in [1.54, 1.807) is 30.8 Å². The van der Waals surface area contributed by atoms with Crippen LogP contribution >= 0.6 is 0 Å². The Morgan fingerprint density at radius 2 is 1.92 bits per heavy atom. The van der Waals surface area contributed by atoms with Gasteiger partial charge in [-0.1, -0.05) is 42.5 Å². The fourth-order valence-corrected chi connectivity index (χ4v) is 5.49. The first-order valence-corrected chi connectivity index (χ1v) is 13.0. The first-order valence-electron chi connectivity index (χ1n) is 13.0. The van der Waals surface area contributed by atoms with E-state index in [1.807, 2.05) is 61.6 Å². The van der Waals surface area contributed by atoms with Crippen molar-refractivity contribution in [3.8, 4) is 5.75 Å². The van der Waals surface area contributed by atoms with Crippen molar-refractivity contribution in [2.75, 3.05) is 33.8 Å². The number of rotatable bonds is 8. The van der Waals surface area contributed by atoms with E-state index in [1.165, 1.54) is 0 Å². The molecule has 2 aliphatic heterocycles. The fraction of sp³-hybridized carbons (Fsp3) is 0.483. The summed E-state index contributed by atoms with van der Waals surface area (Å²) in [5.74, 6) is -0.226. The minimum Gasteiger partial charge on any atom is -0.497 e. The summed E-state index contributed by atoms with van der Waals surface area (Å²) in [4.78, 5) is 43.6. The quantitative estimate of drug-likeness (QED) is 0.514. The number of hydrogen-bond acceptors (Lipinski definition) is 6. The number of amides is 3. The Morgan fingerprint density at radius 1 is 1.18 bits per heavy atom. The molecule has 1 spiro atoms. The first kappa shape index (κ1) is 27.6. The maximum atomic E-state index is 13.9. The number of likely N-dealkylation sites (tertiary alicyclic amines) is 2. The van der Waals surface area contributed by atoms with Crippen LogP contribution in [0.25, 0.3) is 0 Å². The third kappa shape index (κ3) is 5.68. The van der Waals surface area contributed by atoms with Crippen molar-refractivity contribution in [1.29, 1.82) is 0 Å². The maximum Gasteiger partial charge on any atom is 0.272 e. The molecule has 2 aliphatic rings. The summed E-state index contributed by atoms with van der Waals surface area (Å²) in [6, 6.07) is 17.3. The second kappa shape index (κ2) is 11.1. The highest BCUT2D eigenvalue weighted by molar-refractivity contribution is 5.92. The summed E-state index contributed by atoms with van der Waals surface area (Å²) >= 11 is 0. The van der Waals surface area contributed by atoms with Crippen LogP contribution in [0.1, 0.15) is 43.7 Å². The van der Waals surface area contributed by atoms with Gasteiger partial charge in [-0.05, 0) is 49.9 Å². The SMILES string of the molecule is COc1cccc(COC(NC(=O)C(C)(C)N)C(=O)N2CCCC3(C2)C(=O)N(C)CC3c2ccccc2)c1. The highest BCUT2D eigenvalue weighted by Gasteiger charge is 2.56. The highest BCUT2D eigenvalue weighted by atomic mass is 16.5. The first-order chi connectivity index (χ1) is 18.0. The van der Waals surface area contributed by atoms with Crippen molar-refractivity contribution in [2.45, 2.75) is 51.0 Å². The zero-order valence-corrected chi connectivity index (χ0v) is 22.6. The molecule has 38 heavy (non-hydrogen) atoms. The van der Waals surface area contributed by atoms with Gasteiger partial charge in [0.25, 0.3) is 5.91 Å². The monoisotopic (exact) mass is 522 g/mol. The molecule has 0 aliphatic carbocycles. The topological polar surface area (TPSA) is 114 Å². The van der Waals surface area contributed by atoms with Gasteiger partial charge < -0.3 is 30.3 Å². The van der Waals surface area contributed by atoms with Crippen molar-refractivity contribution >= 4 is 17.7 Å². The molecule has 0 aromatic heterocycles. The van der Waals surface area contributed by atoms with Gasteiger partial charge in [0.2, 0.25) is 18.0 Å². The molecular formula is C29H38N4O5. The van der Waals surface area contributed by atoms with Crippen LogP contribution in [0.15, 0.2) is 54.6 Å². The average molecular weight is 523 g/mol. The number of likely N-dealkylation sites (N-methyl/N-ethyl adjacent to an activating group) is 1. The van der Waals surface area contributed by atoms with Crippen molar-refractivity contribution in [3.63, 3.8) is 0 Å². The second-order valence-electron chi connectivity index (χ2n) is 10.9. The maximum absolute atomic E-state index is 13.9. The Hall–Kier alpha value is -3.43. The van der Waals surface area contributed by atoms with Gasteiger partial charge in [-0.25, -0.2) is 0 Å². The molecule has 4 rings (SSSR count). The molecule has 3 N–H and O–H groups in total. The van der Waals surface area contributed by atoms with Crippen molar-refractivity contribution in [1.82, 2.24) is 15.1 Å². The summed E-state index contributed by atoms with van der Waals surface area (Å²) in [5, 5.41) is 2.69. The summed E-state index contributed by atoms with van der Waals surface area (Å²) in [6.45, 7) is 4.54. The molecule has 9 heteroatoms. The number of ether oxygens (including phenoxy) is 2. The number of nitrogens with one attached hydrogen (secondary N) is 1. The molecule has 0 saturated carbocycles. The van der Waals surface area contributed by atoms with E-state index in [9.17, 15) is 14.4 Å². The van der Waals surface area contributed by atoms with Gasteiger partial charge in [0.1, 0.15) is 5.75 Å². The van der Waals surface area contributed by atoms with Crippen LogP contribution in [0.4, 0.5) is 0 Å². The lowest BCUT2D eigenvalue weighted by Crippen LogP contribution is -2.60. The van der Waals surface area contributed by atoms with Crippen molar-refractivity contribution < 1.29 is 23.9 Å². The van der Waals surface area contributed by atoms with Crippen LogP contribution in [-0.2, 0) is 25.7 Å². The predicted octanol–water partition coefficient (Wildman–Crippen LogP) is 2.26. The van der Waals surface area contributed by atoms with Gasteiger partial charge >= 0.3 is 0 Å². The molecule has 2 fully saturated rings. The molecule has 2 aromatic rings. The van der Waals surface area contributed by atoms with Crippen molar-refractivity contribution in [2.24, 2.45) is 11.1 Å². The van der Waals surface area contributed by atoms with Crippen LogP contribution in [0.5, 0.6) is 5.75 Å². The largest absolute Gasteiger partial charge is 0.497 e. The Bertz CT molecular complexity index is 1170. The van der Waals surface area contributed by atoms with Gasteiger partial charge in [-0.3, -0.25) is 14.4 Å². The number of methoxy groups -OCH3 is 1. The summed E-state index contributed by atoms with van der Waals surface area (Å²) in [6.07, 6.45) is 0.112. The fourth-order valence-electron chi connectivity index (χ4n) is 5.49. The lowest BCUT2D eigenvalue weighted by atomic mass is 9.69. The lowest BCUT2D eigenvalue weighted by Gasteiger charge is -2.43. The van der Waals surface area contributed by atoms with Crippen LogP contribution in [0.2, 0.25) is 0 Å². The number of nitrogens with two attached hydrogens (primary N) is 1. The Kier molecular flexibility index (Phi) is 8.08. The summed E-state index contributed by atoms with van der Waals surface area (Å²) in [5.41, 5.74) is 5.95. The third-order valence-corrected chi connectivity index (χ3v) is 7.56. The lowest BCUT2D eigenvalue weighted by molar-refractivity contribution is -0.157. The molecule has 3 unspecified atom stereocenters. The number of carbonyl (C=O) groups excluding carboxylic acids is 3. The molecule has 3 atom stereocenters. The molecular weight excluding hydrogens is 484 g/mol. The van der Waals surface area contributed by atoms with Crippen molar-refractivity contribution in [3.05, 3.63) is 65.7 Å². The predicted molar refractivity (Wildman–Crippen MR) is 143 cm³/mol. The molecule has 2 heterocycles. The number of piperidine rings is 1. The van der Waals surface area contributed by atoms with E-state index >= 15 is 0 Å². The van der Waals surface area contributed by atoms with Gasteiger partial charge in [-0.15, -0.1) is 0 Å². The summed E-state index contributed by atoms with van der Waals surface area (Å²) in [7, 11) is 3.39. The van der Waals surface area contributed by atoms with E-state index in [0.717, 1.165) is 11.1 Å². The van der Waals surface area contributed by atoms with Crippen LogP contribution in [0, 0.1) is 5.41 Å². The molecule has 2 aromatic carbocycles. The Morgan fingerprint density at radius 3 is 2.61 bits per heavy atom. The Balaban J connectivity index is 1.58. The van der Waals surface area contributed by atoms with E-state index < -0.39 is 29.0 Å². The molecule has 0 radical (unpaired) electrons. The third-order valence-electron chi connectivity index (χ3n) is 7.56. The molecule has 3 amide bonds. The van der Waals surface area contributed by atoms with Gasteiger partial charge in [0.05, 0.1) is 24.7 Å². The molecule has 204 valence electrons. The normalized spacial score (nSPS) is 22.4. The number of carbonyl (C=O) groups is 3. The van der Waals surface area contributed by atoms with E-state index in [0.29, 0.717) is 31.7 Å². The summed E-state index contributed by atoms with van der Waals surface area (Å²) < 4.78 is 11.3. The Labute approximate surface area is 224 Å². The zero-order valence-electron chi connectivity index (χ0n) is 22.6. The smallest absolute Gasteiger partial charge is 0.272 e. The van der Waals surface area contributed by atoms with Gasteiger partial charge in [0.15, 0.2) is 0 Å². The van der Waals surface area contributed by atoms with E-state index in [-0.39, 0.29) is 25.0 Å². The molecule has 9 nitrogen and oxygen atoms in total. The molecule has 0 bridgehead atoms. The van der Waals surface area contributed by atoms with Gasteiger partial charge in [0, 0.05) is 32.6 Å². The number of benzene rings is 2. The van der Waals surface area contributed by atoms with Gasteiger partial charge in [-0.2, -0.15) is 0 Å². The van der Waals surface area contributed by atoms with Crippen LogP contribution in [0.3, 0.4) is 0 Å². The number of nitrogens with zero attached hydrogens (tertiary/aromatic N) is 2. The van der Waals surface area contributed by atoms with E-state index in [2.05, 4.69) is 5.32 Å². The van der Waals surface area contributed by atoms with E-state index in [4.69, 9.17) is 15.2 Å². The highest BCUT2D eigenvalue weighted by Crippen LogP contribution is 2.49. The average Bonchev–Trinajstić information content (AvgIpc) is 3.15. The second-order valence-corrected chi connectivity index (χ2v) is 10.9. The zero-order chi connectivity index (χ0) is 27.5. The van der Waals surface area contributed by atoms with Crippen LogP contribution < -0.4 is 15.8 Å². The number of hydrogen-bond donors (Lipinski definition) is 2. The minimum atomic E-state index is -1.25. The van der Waals surface area contributed by atoms with Crippen LogP contribution in [-0.4, -0.2) is 73.1 Å².